The van der Waals surface area contributed by atoms with Crippen molar-refractivity contribution in [2.45, 2.75) is 5.41 Å². The van der Waals surface area contributed by atoms with Gasteiger partial charge < -0.3 is 4.57 Å². The van der Waals surface area contributed by atoms with E-state index in [4.69, 9.17) is 15.0 Å². The minimum Gasteiger partial charge on any atom is -0.309 e. The summed E-state index contributed by atoms with van der Waals surface area (Å²) in [5.74, 6) is 1.90. The van der Waals surface area contributed by atoms with Gasteiger partial charge in [0.2, 0.25) is 0 Å². The standard InChI is InChI=1S/C52H34N4/c1-5-18-35(19-6-1)49-53-50(36-32-33-41-40-26-14-16-31-46(40)56(47(41)34-36)39-24-11-4-12-25-39)55-51(54-49)43-28-17-30-45-48(43)42-27-13-15-29-44(42)52(45,37-20-7-2-8-21-37)38-22-9-3-10-23-38/h1-34H. The van der Waals surface area contributed by atoms with Crippen LogP contribution in [0, 0.1) is 0 Å². The summed E-state index contributed by atoms with van der Waals surface area (Å²) in [7, 11) is 0. The van der Waals surface area contributed by atoms with Crippen molar-refractivity contribution in [2.75, 3.05) is 0 Å². The maximum Gasteiger partial charge on any atom is 0.164 e. The van der Waals surface area contributed by atoms with Crippen molar-refractivity contribution >= 4 is 21.8 Å². The monoisotopic (exact) mass is 714 g/mol. The maximum atomic E-state index is 5.37. The van der Waals surface area contributed by atoms with Crippen molar-refractivity contribution in [1.29, 1.82) is 0 Å². The minimum absolute atomic E-state index is 0.529. The molecule has 10 aromatic rings. The summed E-state index contributed by atoms with van der Waals surface area (Å²) in [4.78, 5) is 15.8. The quantitative estimate of drug-likeness (QED) is 0.172. The molecular formula is C52H34N4. The highest BCUT2D eigenvalue weighted by molar-refractivity contribution is 6.10. The number of benzene rings is 8. The molecule has 0 saturated heterocycles. The van der Waals surface area contributed by atoms with Crippen molar-refractivity contribution in [1.82, 2.24) is 19.5 Å². The molecule has 8 aromatic carbocycles. The molecule has 0 saturated carbocycles. The van der Waals surface area contributed by atoms with Crippen LogP contribution in [0.25, 0.3) is 72.8 Å². The minimum atomic E-state index is -0.529. The molecule has 2 aromatic heterocycles. The van der Waals surface area contributed by atoms with Crippen molar-refractivity contribution in [3.63, 3.8) is 0 Å². The second-order valence-corrected chi connectivity index (χ2v) is 14.3. The molecule has 0 fully saturated rings. The molecule has 262 valence electrons. The molecule has 0 N–H and O–H groups in total. The van der Waals surface area contributed by atoms with E-state index < -0.39 is 5.41 Å². The first-order chi connectivity index (χ1) is 27.8. The maximum absolute atomic E-state index is 5.37. The van der Waals surface area contributed by atoms with Crippen molar-refractivity contribution in [3.05, 3.63) is 229 Å². The third kappa shape index (κ3) is 4.83. The van der Waals surface area contributed by atoms with Crippen LogP contribution in [-0.2, 0) is 5.41 Å². The van der Waals surface area contributed by atoms with E-state index in [1.807, 2.05) is 18.2 Å². The average Bonchev–Trinajstić information content (AvgIpc) is 3.78. The topological polar surface area (TPSA) is 43.6 Å². The molecule has 1 aliphatic carbocycles. The van der Waals surface area contributed by atoms with Crippen LogP contribution < -0.4 is 0 Å². The second kappa shape index (κ2) is 12.9. The van der Waals surface area contributed by atoms with Gasteiger partial charge in [0, 0.05) is 33.2 Å². The first-order valence-corrected chi connectivity index (χ1v) is 19.0. The molecule has 0 spiro atoms. The zero-order chi connectivity index (χ0) is 37.1. The Labute approximate surface area is 325 Å². The highest BCUT2D eigenvalue weighted by Gasteiger charge is 2.47. The van der Waals surface area contributed by atoms with Crippen molar-refractivity contribution in [2.24, 2.45) is 0 Å². The van der Waals surface area contributed by atoms with Gasteiger partial charge in [-0.2, -0.15) is 0 Å². The third-order valence-corrected chi connectivity index (χ3v) is 11.3. The number of nitrogens with zero attached hydrogens (tertiary/aromatic N) is 4. The van der Waals surface area contributed by atoms with Crippen molar-refractivity contribution in [3.8, 4) is 51.0 Å². The predicted octanol–water partition coefficient (Wildman–Crippen LogP) is 12.3. The molecular weight excluding hydrogens is 681 g/mol. The fraction of sp³-hybridized carbons (Fsp3) is 0.0192. The van der Waals surface area contributed by atoms with Gasteiger partial charge in [0.15, 0.2) is 17.5 Å². The highest BCUT2D eigenvalue weighted by atomic mass is 15.0. The summed E-state index contributed by atoms with van der Waals surface area (Å²) in [5.41, 5.74) is 12.9. The summed E-state index contributed by atoms with van der Waals surface area (Å²) in [5, 5.41) is 2.39. The fourth-order valence-electron chi connectivity index (χ4n) is 8.99. The van der Waals surface area contributed by atoms with Crippen LogP contribution in [0.3, 0.4) is 0 Å². The fourth-order valence-corrected chi connectivity index (χ4v) is 8.99. The first kappa shape index (κ1) is 32.0. The van der Waals surface area contributed by atoms with Crippen LogP contribution in [-0.4, -0.2) is 19.5 Å². The number of para-hydroxylation sites is 2. The molecule has 0 aliphatic heterocycles. The van der Waals surface area contributed by atoms with Gasteiger partial charge in [-0.1, -0.05) is 182 Å². The van der Waals surface area contributed by atoms with Gasteiger partial charge in [-0.3, -0.25) is 0 Å². The summed E-state index contributed by atoms with van der Waals surface area (Å²) in [6, 6.07) is 73.2. The van der Waals surface area contributed by atoms with Gasteiger partial charge in [-0.15, -0.1) is 0 Å². The molecule has 11 rings (SSSR count). The Kier molecular flexibility index (Phi) is 7.36. The highest BCUT2D eigenvalue weighted by Crippen LogP contribution is 2.58. The van der Waals surface area contributed by atoms with Crippen LogP contribution in [0.2, 0.25) is 0 Å². The van der Waals surface area contributed by atoms with Gasteiger partial charge >= 0.3 is 0 Å². The largest absolute Gasteiger partial charge is 0.309 e. The van der Waals surface area contributed by atoms with Gasteiger partial charge in [0.05, 0.1) is 16.4 Å². The van der Waals surface area contributed by atoms with Crippen LogP contribution >= 0.6 is 0 Å². The Morgan fingerprint density at radius 3 is 1.62 bits per heavy atom. The molecule has 0 unspecified atom stereocenters. The second-order valence-electron chi connectivity index (χ2n) is 14.3. The van der Waals surface area contributed by atoms with E-state index in [1.165, 1.54) is 38.6 Å². The summed E-state index contributed by atoms with van der Waals surface area (Å²) < 4.78 is 2.34. The summed E-state index contributed by atoms with van der Waals surface area (Å²) in [6.07, 6.45) is 0. The molecule has 1 aliphatic rings. The van der Waals surface area contributed by atoms with E-state index >= 15 is 0 Å². The van der Waals surface area contributed by atoms with Gasteiger partial charge in [0.1, 0.15) is 0 Å². The van der Waals surface area contributed by atoms with E-state index in [2.05, 4.69) is 193 Å². The molecule has 0 amide bonds. The van der Waals surface area contributed by atoms with Crippen LogP contribution in [0.4, 0.5) is 0 Å². The molecule has 4 heteroatoms. The molecule has 0 atom stereocenters. The normalized spacial score (nSPS) is 12.8. The number of aromatic nitrogens is 4. The lowest BCUT2D eigenvalue weighted by atomic mass is 9.67. The Hall–Kier alpha value is -7.43. The Bertz CT molecular complexity index is 3020. The van der Waals surface area contributed by atoms with Gasteiger partial charge in [0.25, 0.3) is 0 Å². The summed E-state index contributed by atoms with van der Waals surface area (Å²) in [6.45, 7) is 0. The van der Waals surface area contributed by atoms with Gasteiger partial charge in [-0.25, -0.2) is 15.0 Å². The van der Waals surface area contributed by atoms with Crippen molar-refractivity contribution < 1.29 is 0 Å². The molecule has 4 nitrogen and oxygen atoms in total. The lowest BCUT2D eigenvalue weighted by Crippen LogP contribution is -2.28. The Morgan fingerprint density at radius 1 is 0.357 bits per heavy atom. The van der Waals surface area contributed by atoms with E-state index in [0.29, 0.717) is 17.5 Å². The lowest BCUT2D eigenvalue weighted by molar-refractivity contribution is 0.768. The smallest absolute Gasteiger partial charge is 0.164 e. The van der Waals surface area contributed by atoms with E-state index in [1.54, 1.807) is 0 Å². The van der Waals surface area contributed by atoms with Crippen LogP contribution in [0.1, 0.15) is 22.3 Å². The van der Waals surface area contributed by atoms with E-state index in [9.17, 15) is 0 Å². The molecule has 0 bridgehead atoms. The first-order valence-electron chi connectivity index (χ1n) is 19.0. The number of hydrogen-bond acceptors (Lipinski definition) is 3. The average molecular weight is 715 g/mol. The predicted molar refractivity (Wildman–Crippen MR) is 228 cm³/mol. The molecule has 56 heavy (non-hydrogen) atoms. The van der Waals surface area contributed by atoms with Gasteiger partial charge in [-0.05, 0) is 57.6 Å². The number of hydrogen-bond donors (Lipinski definition) is 0. The number of rotatable bonds is 6. The summed E-state index contributed by atoms with van der Waals surface area (Å²) >= 11 is 0. The zero-order valence-corrected chi connectivity index (χ0v) is 30.4. The third-order valence-electron chi connectivity index (χ3n) is 11.3. The zero-order valence-electron chi connectivity index (χ0n) is 30.4. The van der Waals surface area contributed by atoms with Crippen LogP contribution in [0.5, 0.6) is 0 Å². The lowest BCUT2D eigenvalue weighted by Gasteiger charge is -2.33. The van der Waals surface area contributed by atoms with E-state index in [-0.39, 0.29) is 0 Å². The molecule has 2 heterocycles. The Balaban J connectivity index is 1.18. The van der Waals surface area contributed by atoms with E-state index in [0.717, 1.165) is 39.0 Å². The number of fused-ring (bicyclic) bond motifs is 6. The molecule has 0 radical (unpaired) electrons. The Morgan fingerprint density at radius 2 is 0.893 bits per heavy atom. The van der Waals surface area contributed by atoms with Crippen LogP contribution in [0.15, 0.2) is 206 Å². The SMILES string of the molecule is c1ccc(-c2nc(-c3ccc4c5ccccc5n(-c5ccccc5)c4c3)nc(-c3cccc4c3-c3ccccc3C4(c3ccccc3)c3ccccc3)n2)cc1.